The highest BCUT2D eigenvalue weighted by molar-refractivity contribution is 7.47. The lowest BCUT2D eigenvalue weighted by atomic mass is 10.4. The quantitative estimate of drug-likeness (QED) is 0.341. The summed E-state index contributed by atoms with van der Waals surface area (Å²) >= 11 is 0. The second-order valence-corrected chi connectivity index (χ2v) is 6.96. The lowest BCUT2D eigenvalue weighted by Crippen LogP contribution is -2.37. The molecule has 0 aromatic rings. The zero-order valence-corrected chi connectivity index (χ0v) is 14.3. The maximum Gasteiger partial charge on any atom is 0.472 e. The zero-order valence-electron chi connectivity index (χ0n) is 13.4. The van der Waals surface area contributed by atoms with Gasteiger partial charge in [0.2, 0.25) is 0 Å². The largest absolute Gasteiger partial charge is 0.472 e. The van der Waals surface area contributed by atoms with Crippen LogP contribution in [0.25, 0.3) is 0 Å². The maximum atomic E-state index is 11.7. The van der Waals surface area contributed by atoms with E-state index in [0.717, 1.165) is 0 Å². The van der Waals surface area contributed by atoms with E-state index >= 15 is 0 Å². The molecule has 0 heterocycles. The fraction of sp³-hybridized carbons (Fsp3) is 0.917. The summed E-state index contributed by atoms with van der Waals surface area (Å²) in [6.07, 6.45) is -0.745. The van der Waals surface area contributed by atoms with Gasteiger partial charge in [0, 0.05) is 13.5 Å². The molecule has 8 nitrogen and oxygen atoms in total. The topological polar surface area (TPSA) is 91.3 Å². The summed E-state index contributed by atoms with van der Waals surface area (Å²) in [7, 11) is 1.64. The third-order valence-corrected chi connectivity index (χ3v) is 3.26. The number of carbonyl (C=O) groups is 1. The van der Waals surface area contributed by atoms with Crippen LogP contribution in [0.5, 0.6) is 0 Å². The normalized spacial score (nSPS) is 16.3. The van der Waals surface area contributed by atoms with Crippen molar-refractivity contribution in [1.29, 1.82) is 0 Å². The SMILES string of the molecule is CCOC[C@H](COP(=O)(O)OCC[N+](C)(C)C)OC(C)=O. The van der Waals surface area contributed by atoms with Gasteiger partial charge in [-0.25, -0.2) is 4.57 Å². The predicted octanol–water partition coefficient (Wildman–Crippen LogP) is 0.794. The molecule has 2 atom stereocenters. The van der Waals surface area contributed by atoms with Crippen LogP contribution < -0.4 is 0 Å². The van der Waals surface area contributed by atoms with E-state index in [4.69, 9.17) is 18.5 Å². The van der Waals surface area contributed by atoms with Crippen LogP contribution in [0.1, 0.15) is 13.8 Å². The molecule has 0 radical (unpaired) electrons. The Morgan fingerprint density at radius 1 is 1.24 bits per heavy atom. The van der Waals surface area contributed by atoms with Gasteiger partial charge in [0.05, 0.1) is 34.4 Å². The van der Waals surface area contributed by atoms with Crippen LogP contribution in [0.15, 0.2) is 0 Å². The molecule has 0 aromatic carbocycles. The third kappa shape index (κ3) is 12.9. The predicted molar refractivity (Wildman–Crippen MR) is 76.7 cm³/mol. The molecule has 0 rings (SSSR count). The lowest BCUT2D eigenvalue weighted by molar-refractivity contribution is -0.870. The molecular formula is C12H27NO7P+. The molecule has 0 amide bonds. The van der Waals surface area contributed by atoms with Crippen molar-refractivity contribution < 1.29 is 37.3 Å². The molecule has 9 heteroatoms. The summed E-state index contributed by atoms with van der Waals surface area (Å²) in [6.45, 7) is 3.94. The van der Waals surface area contributed by atoms with Crippen molar-refractivity contribution in [3.63, 3.8) is 0 Å². The minimum atomic E-state index is -4.16. The van der Waals surface area contributed by atoms with Crippen LogP contribution in [-0.2, 0) is 27.9 Å². The Labute approximate surface area is 126 Å². The first-order valence-electron chi connectivity index (χ1n) is 6.73. The van der Waals surface area contributed by atoms with Gasteiger partial charge in [-0.15, -0.1) is 0 Å². The van der Waals surface area contributed by atoms with Crippen molar-refractivity contribution in [2.45, 2.75) is 20.0 Å². The number of likely N-dealkylation sites (N-methyl/N-ethyl adjacent to an activating group) is 1. The second kappa shape index (κ2) is 9.50. The van der Waals surface area contributed by atoms with Gasteiger partial charge in [-0.1, -0.05) is 0 Å². The fourth-order valence-corrected chi connectivity index (χ4v) is 1.99. The van der Waals surface area contributed by atoms with Gasteiger partial charge in [-0.05, 0) is 6.92 Å². The molecule has 0 saturated heterocycles. The number of phosphoric ester groups is 1. The van der Waals surface area contributed by atoms with E-state index in [1.54, 1.807) is 6.92 Å². The van der Waals surface area contributed by atoms with Gasteiger partial charge in [0.1, 0.15) is 19.3 Å². The molecule has 0 saturated carbocycles. The Morgan fingerprint density at radius 3 is 2.33 bits per heavy atom. The average molecular weight is 328 g/mol. The molecule has 0 aromatic heterocycles. The van der Waals surface area contributed by atoms with Crippen LogP contribution >= 0.6 is 7.82 Å². The fourth-order valence-electron chi connectivity index (χ4n) is 1.24. The summed E-state index contributed by atoms with van der Waals surface area (Å²) in [6, 6.07) is 0. The van der Waals surface area contributed by atoms with Gasteiger partial charge >= 0.3 is 13.8 Å². The lowest BCUT2D eigenvalue weighted by Gasteiger charge is -2.24. The Bertz CT molecular complexity index is 356. The van der Waals surface area contributed by atoms with Crippen LogP contribution in [0, 0.1) is 0 Å². The van der Waals surface area contributed by atoms with Gasteiger partial charge in [0.25, 0.3) is 0 Å². The number of quaternary nitrogens is 1. The number of nitrogens with zero attached hydrogens (tertiary/aromatic N) is 1. The van der Waals surface area contributed by atoms with Gasteiger partial charge < -0.3 is 18.9 Å². The Hall–Kier alpha value is -0.500. The van der Waals surface area contributed by atoms with Crippen molar-refractivity contribution in [2.75, 3.05) is 54.1 Å². The number of hydrogen-bond acceptors (Lipinski definition) is 6. The van der Waals surface area contributed by atoms with Gasteiger partial charge in [0.15, 0.2) is 0 Å². The van der Waals surface area contributed by atoms with E-state index in [0.29, 0.717) is 17.6 Å². The van der Waals surface area contributed by atoms with E-state index in [-0.39, 0.29) is 19.8 Å². The molecule has 0 fully saturated rings. The van der Waals surface area contributed by atoms with Crippen LogP contribution in [0.2, 0.25) is 0 Å². The molecule has 1 N–H and O–H groups in total. The molecule has 0 spiro atoms. The molecule has 0 bridgehead atoms. The summed E-state index contributed by atoms with van der Waals surface area (Å²) in [5.41, 5.74) is 0. The number of phosphoric acid groups is 1. The van der Waals surface area contributed by atoms with E-state index in [9.17, 15) is 14.3 Å². The third-order valence-electron chi connectivity index (χ3n) is 2.28. The number of esters is 1. The number of rotatable bonds is 11. The summed E-state index contributed by atoms with van der Waals surface area (Å²) < 4.78 is 32.0. The first-order valence-corrected chi connectivity index (χ1v) is 8.22. The van der Waals surface area contributed by atoms with Crippen molar-refractivity contribution in [3.05, 3.63) is 0 Å². The minimum Gasteiger partial charge on any atom is -0.458 e. The monoisotopic (exact) mass is 328 g/mol. The Balaban J connectivity index is 4.21. The summed E-state index contributed by atoms with van der Waals surface area (Å²) in [5, 5.41) is 0. The van der Waals surface area contributed by atoms with Crippen molar-refractivity contribution in [1.82, 2.24) is 0 Å². The molecule has 0 aliphatic rings. The Morgan fingerprint density at radius 2 is 1.86 bits per heavy atom. The maximum absolute atomic E-state index is 11.7. The first kappa shape index (κ1) is 20.5. The van der Waals surface area contributed by atoms with E-state index < -0.39 is 19.9 Å². The molecule has 0 aliphatic carbocycles. The summed E-state index contributed by atoms with van der Waals surface area (Å²) in [4.78, 5) is 20.5. The smallest absolute Gasteiger partial charge is 0.458 e. The molecule has 126 valence electrons. The first-order chi connectivity index (χ1) is 9.56. The Kier molecular flexibility index (Phi) is 9.28. The van der Waals surface area contributed by atoms with Gasteiger partial charge in [-0.2, -0.15) is 0 Å². The number of carbonyl (C=O) groups excluding carboxylic acids is 1. The van der Waals surface area contributed by atoms with Crippen molar-refractivity contribution in [3.8, 4) is 0 Å². The van der Waals surface area contributed by atoms with Crippen molar-refractivity contribution >= 4 is 13.8 Å². The standard InChI is InChI=1S/C12H26NO7P/c1-6-17-9-12(20-11(2)14)10-19-21(15,16)18-8-7-13(3,4)5/h12H,6-10H2,1-5H3/p+1/t12-/m1/s1. The summed E-state index contributed by atoms with van der Waals surface area (Å²) in [5.74, 6) is -0.512. The van der Waals surface area contributed by atoms with E-state index in [1.165, 1.54) is 6.92 Å². The molecule has 1 unspecified atom stereocenters. The van der Waals surface area contributed by atoms with Crippen LogP contribution in [0.4, 0.5) is 0 Å². The highest BCUT2D eigenvalue weighted by Gasteiger charge is 2.25. The minimum absolute atomic E-state index is 0.0843. The number of ether oxygens (including phenoxy) is 2. The molecular weight excluding hydrogens is 301 g/mol. The molecule has 21 heavy (non-hydrogen) atoms. The second-order valence-electron chi connectivity index (χ2n) is 5.50. The van der Waals surface area contributed by atoms with Crippen molar-refractivity contribution in [2.24, 2.45) is 0 Å². The average Bonchev–Trinajstić information content (AvgIpc) is 2.30. The zero-order chi connectivity index (χ0) is 16.5. The van der Waals surface area contributed by atoms with Crippen LogP contribution in [0.3, 0.4) is 0 Å². The van der Waals surface area contributed by atoms with E-state index in [1.807, 2.05) is 21.1 Å². The highest BCUT2D eigenvalue weighted by Crippen LogP contribution is 2.43. The van der Waals surface area contributed by atoms with E-state index in [2.05, 4.69) is 0 Å². The number of hydrogen-bond donors (Lipinski definition) is 1. The highest BCUT2D eigenvalue weighted by atomic mass is 31.2. The van der Waals surface area contributed by atoms with Crippen LogP contribution in [-0.4, -0.2) is 75.6 Å². The van der Waals surface area contributed by atoms with Gasteiger partial charge in [-0.3, -0.25) is 13.8 Å². The molecule has 0 aliphatic heterocycles.